The molecule has 120 valence electrons. The quantitative estimate of drug-likeness (QED) is 0.869. The molecule has 0 aromatic heterocycles. The first-order valence-electron chi connectivity index (χ1n) is 7.76. The third-order valence-corrected chi connectivity index (χ3v) is 4.42. The first-order valence-corrected chi connectivity index (χ1v) is 7.76. The van der Waals surface area contributed by atoms with Gasteiger partial charge in [-0.1, -0.05) is 38.1 Å². The first-order chi connectivity index (χ1) is 10.4. The zero-order chi connectivity index (χ0) is 16.3. The second kappa shape index (κ2) is 6.92. The molecule has 1 aromatic rings. The van der Waals surface area contributed by atoms with Crippen LogP contribution in [0.4, 0.5) is 0 Å². The average Bonchev–Trinajstić information content (AvgIpc) is 2.53. The summed E-state index contributed by atoms with van der Waals surface area (Å²) in [5.41, 5.74) is 2.58. The highest BCUT2D eigenvalue weighted by Crippen LogP contribution is 2.24. The Labute approximate surface area is 131 Å². The van der Waals surface area contributed by atoms with Gasteiger partial charge in [-0.05, 0) is 24.0 Å². The number of amides is 1. The lowest BCUT2D eigenvalue weighted by Crippen LogP contribution is -2.51. The molecule has 5 nitrogen and oxygen atoms in total. The van der Waals surface area contributed by atoms with Crippen LogP contribution in [0.1, 0.15) is 43.9 Å². The molecular formula is C17H24N2O3. The van der Waals surface area contributed by atoms with Crippen LogP contribution in [0.3, 0.4) is 0 Å². The highest BCUT2D eigenvalue weighted by Gasteiger charge is 2.27. The molecule has 2 rings (SSSR count). The highest BCUT2D eigenvalue weighted by atomic mass is 16.4. The number of carboxylic acid groups (broad SMARTS) is 1. The van der Waals surface area contributed by atoms with Crippen molar-refractivity contribution in [2.45, 2.75) is 32.7 Å². The van der Waals surface area contributed by atoms with Gasteiger partial charge >= 0.3 is 11.9 Å². The fourth-order valence-corrected chi connectivity index (χ4v) is 2.82. The van der Waals surface area contributed by atoms with Gasteiger partial charge in [0.05, 0.1) is 0 Å². The van der Waals surface area contributed by atoms with E-state index in [0.717, 1.165) is 0 Å². The lowest BCUT2D eigenvalue weighted by molar-refractivity contribution is -0.157. The number of nitrogens with zero attached hydrogens (tertiary/aromatic N) is 2. The van der Waals surface area contributed by atoms with Crippen LogP contribution in [-0.4, -0.2) is 53.0 Å². The predicted molar refractivity (Wildman–Crippen MR) is 84.7 cm³/mol. The van der Waals surface area contributed by atoms with E-state index >= 15 is 0 Å². The average molecular weight is 304 g/mol. The zero-order valence-electron chi connectivity index (χ0n) is 13.5. The summed E-state index contributed by atoms with van der Waals surface area (Å²) in [4.78, 5) is 25.9. The summed E-state index contributed by atoms with van der Waals surface area (Å²) in [6, 6.07) is 8.92. The van der Waals surface area contributed by atoms with E-state index in [1.165, 1.54) is 16.0 Å². The Kier molecular flexibility index (Phi) is 5.19. The summed E-state index contributed by atoms with van der Waals surface area (Å²) >= 11 is 0. The summed E-state index contributed by atoms with van der Waals surface area (Å²) in [6.07, 6.45) is 0. The number of hydrogen-bond donors (Lipinski definition) is 1. The Hall–Kier alpha value is -1.88. The van der Waals surface area contributed by atoms with E-state index in [0.29, 0.717) is 32.1 Å². The van der Waals surface area contributed by atoms with Crippen molar-refractivity contribution in [2.24, 2.45) is 0 Å². The van der Waals surface area contributed by atoms with Gasteiger partial charge in [0.15, 0.2) is 0 Å². The van der Waals surface area contributed by atoms with Crippen LogP contribution in [0.15, 0.2) is 24.3 Å². The molecule has 1 aromatic carbocycles. The lowest BCUT2D eigenvalue weighted by atomic mass is 9.99. The Morgan fingerprint density at radius 1 is 0.955 bits per heavy atom. The summed E-state index contributed by atoms with van der Waals surface area (Å²) in [5.74, 6) is -1.64. The van der Waals surface area contributed by atoms with E-state index in [2.05, 4.69) is 49.9 Å². The summed E-state index contributed by atoms with van der Waals surface area (Å²) < 4.78 is 0. The van der Waals surface area contributed by atoms with Gasteiger partial charge in [0, 0.05) is 32.2 Å². The van der Waals surface area contributed by atoms with Crippen LogP contribution < -0.4 is 0 Å². The van der Waals surface area contributed by atoms with Gasteiger partial charge < -0.3 is 10.0 Å². The van der Waals surface area contributed by atoms with E-state index in [-0.39, 0.29) is 6.04 Å². The molecule has 22 heavy (non-hydrogen) atoms. The number of carbonyl (C=O) groups excluding carboxylic acids is 1. The molecule has 0 spiro atoms. The first kappa shape index (κ1) is 16.5. The van der Waals surface area contributed by atoms with Gasteiger partial charge in [0.1, 0.15) is 0 Å². The minimum Gasteiger partial charge on any atom is -0.474 e. The number of carboxylic acids is 1. The smallest absolute Gasteiger partial charge is 0.394 e. The highest BCUT2D eigenvalue weighted by molar-refractivity contribution is 6.31. The monoisotopic (exact) mass is 304 g/mol. The molecule has 1 heterocycles. The van der Waals surface area contributed by atoms with Gasteiger partial charge in [-0.15, -0.1) is 0 Å². The van der Waals surface area contributed by atoms with Crippen molar-refractivity contribution in [3.63, 3.8) is 0 Å². The van der Waals surface area contributed by atoms with E-state index < -0.39 is 11.9 Å². The number of piperazine rings is 1. The third kappa shape index (κ3) is 3.65. The molecular weight excluding hydrogens is 280 g/mol. The van der Waals surface area contributed by atoms with Crippen molar-refractivity contribution < 1.29 is 14.7 Å². The Bertz CT molecular complexity index is 531. The molecule has 0 bridgehead atoms. The van der Waals surface area contributed by atoms with E-state index in [1.54, 1.807) is 0 Å². The predicted octanol–water partition coefficient (Wildman–Crippen LogP) is 2.10. The molecule has 0 aliphatic carbocycles. The Balaban J connectivity index is 1.96. The molecule has 1 saturated heterocycles. The molecule has 1 amide bonds. The normalized spacial score (nSPS) is 17.5. The molecule has 0 saturated carbocycles. The Morgan fingerprint density at radius 3 is 1.91 bits per heavy atom. The van der Waals surface area contributed by atoms with Crippen LogP contribution in [0, 0.1) is 0 Å². The number of carbonyl (C=O) groups is 2. The molecule has 1 fully saturated rings. The van der Waals surface area contributed by atoms with Gasteiger partial charge in [-0.3, -0.25) is 9.69 Å². The summed E-state index contributed by atoms with van der Waals surface area (Å²) in [5, 5.41) is 8.75. The SMILES string of the molecule is CC(C)c1ccc(C(C)N2CCN(C(=O)C(=O)O)CC2)cc1. The van der Waals surface area contributed by atoms with Crippen LogP contribution in [-0.2, 0) is 9.59 Å². The summed E-state index contributed by atoms with van der Waals surface area (Å²) in [6.45, 7) is 8.85. The molecule has 5 heteroatoms. The lowest BCUT2D eigenvalue weighted by Gasteiger charge is -2.37. The van der Waals surface area contributed by atoms with Crippen molar-refractivity contribution in [1.82, 2.24) is 9.80 Å². The number of aliphatic carboxylic acids is 1. The minimum absolute atomic E-state index is 0.267. The second-order valence-electron chi connectivity index (χ2n) is 6.13. The molecule has 1 aliphatic rings. The van der Waals surface area contributed by atoms with Gasteiger partial charge in [-0.25, -0.2) is 4.79 Å². The Morgan fingerprint density at radius 2 is 1.45 bits per heavy atom. The maximum Gasteiger partial charge on any atom is 0.394 e. The van der Waals surface area contributed by atoms with Crippen LogP contribution in [0.25, 0.3) is 0 Å². The molecule has 1 aliphatic heterocycles. The van der Waals surface area contributed by atoms with Crippen LogP contribution in [0.2, 0.25) is 0 Å². The number of benzene rings is 1. The van der Waals surface area contributed by atoms with Gasteiger partial charge in [0.2, 0.25) is 0 Å². The van der Waals surface area contributed by atoms with Gasteiger partial charge in [-0.2, -0.15) is 0 Å². The van der Waals surface area contributed by atoms with Crippen LogP contribution in [0.5, 0.6) is 0 Å². The van der Waals surface area contributed by atoms with Gasteiger partial charge in [0.25, 0.3) is 0 Å². The number of rotatable bonds is 3. The van der Waals surface area contributed by atoms with E-state index in [9.17, 15) is 9.59 Å². The maximum atomic E-state index is 11.5. The molecule has 1 N–H and O–H groups in total. The van der Waals surface area contributed by atoms with E-state index in [1.807, 2.05) is 0 Å². The number of hydrogen-bond acceptors (Lipinski definition) is 3. The maximum absolute atomic E-state index is 11.5. The standard InChI is InChI=1S/C17H24N2O3/c1-12(2)14-4-6-15(7-5-14)13(3)18-8-10-19(11-9-18)16(20)17(21)22/h4-7,12-13H,8-11H2,1-3H3,(H,21,22). The molecule has 1 unspecified atom stereocenters. The molecule has 1 atom stereocenters. The van der Waals surface area contributed by atoms with Crippen molar-refractivity contribution in [2.75, 3.05) is 26.2 Å². The fraction of sp³-hybridized carbons (Fsp3) is 0.529. The van der Waals surface area contributed by atoms with Crippen molar-refractivity contribution >= 4 is 11.9 Å². The largest absolute Gasteiger partial charge is 0.474 e. The van der Waals surface area contributed by atoms with Crippen molar-refractivity contribution in [3.8, 4) is 0 Å². The van der Waals surface area contributed by atoms with Crippen molar-refractivity contribution in [3.05, 3.63) is 35.4 Å². The van der Waals surface area contributed by atoms with Crippen LogP contribution >= 0.6 is 0 Å². The summed E-state index contributed by atoms with van der Waals surface area (Å²) in [7, 11) is 0. The van der Waals surface area contributed by atoms with Crippen molar-refractivity contribution in [1.29, 1.82) is 0 Å². The fourth-order valence-electron chi connectivity index (χ4n) is 2.82. The third-order valence-electron chi connectivity index (χ3n) is 4.42. The minimum atomic E-state index is -1.37. The topological polar surface area (TPSA) is 60.9 Å². The second-order valence-corrected chi connectivity index (χ2v) is 6.13. The van der Waals surface area contributed by atoms with E-state index in [4.69, 9.17) is 5.11 Å². The zero-order valence-corrected chi connectivity index (χ0v) is 13.5. The molecule has 0 radical (unpaired) electrons.